The molecular weight excluding hydrogens is 276 g/mol. The Morgan fingerprint density at radius 3 is 2.60 bits per heavy atom. The Hall–Kier alpha value is -0.810. The highest BCUT2D eigenvalue weighted by atomic mass is 35.5. The Bertz CT molecular complexity index is 434. The van der Waals surface area contributed by atoms with Gasteiger partial charge in [-0.3, -0.25) is 0 Å². The quantitative estimate of drug-likeness (QED) is 0.902. The largest absolute Gasteiger partial charge is 0.495 e. The fraction of sp³-hybridized carbons (Fsp3) is 0.600. The van der Waals surface area contributed by atoms with E-state index in [2.05, 4.69) is 16.8 Å². The molecule has 1 saturated heterocycles. The number of hydrogen-bond donors (Lipinski definition) is 1. The van der Waals surface area contributed by atoms with Crippen LogP contribution < -0.4 is 4.74 Å². The van der Waals surface area contributed by atoms with Gasteiger partial charge in [0, 0.05) is 32.7 Å². The molecule has 112 valence electrons. The fourth-order valence-corrected chi connectivity index (χ4v) is 2.70. The summed E-state index contributed by atoms with van der Waals surface area (Å²) in [4.78, 5) is 4.73. The molecule has 1 fully saturated rings. The first-order chi connectivity index (χ1) is 9.60. The van der Waals surface area contributed by atoms with Crippen molar-refractivity contribution >= 4 is 11.6 Å². The van der Waals surface area contributed by atoms with E-state index >= 15 is 0 Å². The number of rotatable bonds is 5. The van der Waals surface area contributed by atoms with Crippen LogP contribution >= 0.6 is 11.6 Å². The van der Waals surface area contributed by atoms with Crippen molar-refractivity contribution in [3.05, 3.63) is 28.8 Å². The van der Waals surface area contributed by atoms with Crippen molar-refractivity contribution in [1.82, 2.24) is 9.80 Å². The van der Waals surface area contributed by atoms with Crippen molar-refractivity contribution in [1.29, 1.82) is 0 Å². The van der Waals surface area contributed by atoms with E-state index in [1.807, 2.05) is 6.07 Å². The number of methoxy groups -OCH3 is 1. The predicted molar refractivity (Wildman–Crippen MR) is 81.5 cm³/mol. The van der Waals surface area contributed by atoms with Gasteiger partial charge < -0.3 is 19.6 Å². The van der Waals surface area contributed by atoms with E-state index in [4.69, 9.17) is 16.3 Å². The minimum absolute atomic E-state index is 0.474. The number of piperazine rings is 1. The lowest BCUT2D eigenvalue weighted by atomic mass is 10.1. The molecule has 1 aromatic carbocycles. The Balaban J connectivity index is 1.85. The first-order valence-corrected chi connectivity index (χ1v) is 7.40. The molecule has 0 bridgehead atoms. The molecule has 5 heteroatoms. The summed E-state index contributed by atoms with van der Waals surface area (Å²) in [6.45, 7) is 5.27. The molecule has 2 rings (SSSR count). The van der Waals surface area contributed by atoms with Crippen LogP contribution in [-0.2, 0) is 0 Å². The second-order valence-electron chi connectivity index (χ2n) is 5.34. The summed E-state index contributed by atoms with van der Waals surface area (Å²) in [6.07, 6.45) is 0.255. The summed E-state index contributed by atoms with van der Waals surface area (Å²) in [5.74, 6) is 0.640. The van der Waals surface area contributed by atoms with Crippen molar-refractivity contribution in [2.24, 2.45) is 0 Å². The maximum absolute atomic E-state index is 10.3. The van der Waals surface area contributed by atoms with Crippen LogP contribution in [0.1, 0.15) is 18.1 Å². The van der Waals surface area contributed by atoms with E-state index in [1.54, 1.807) is 19.2 Å². The van der Waals surface area contributed by atoms with Crippen LogP contribution in [0.4, 0.5) is 0 Å². The van der Waals surface area contributed by atoms with E-state index < -0.39 is 6.10 Å². The van der Waals surface area contributed by atoms with Gasteiger partial charge in [0.15, 0.2) is 0 Å². The van der Waals surface area contributed by atoms with Gasteiger partial charge in [0.05, 0.1) is 18.2 Å². The molecule has 1 heterocycles. The zero-order chi connectivity index (χ0) is 14.5. The number of ether oxygens (including phenoxy) is 1. The molecule has 0 aliphatic carbocycles. The topological polar surface area (TPSA) is 35.9 Å². The van der Waals surface area contributed by atoms with Crippen LogP contribution in [0.5, 0.6) is 5.75 Å². The Morgan fingerprint density at radius 2 is 2.00 bits per heavy atom. The standard InChI is InChI=1S/C15H23ClN2O2/c1-17-7-9-18(10-8-17)6-5-14(19)12-3-4-15(20-2)13(16)11-12/h3-4,11,14,19H,5-10H2,1-2H3. The average molecular weight is 299 g/mol. The molecule has 0 amide bonds. The second-order valence-corrected chi connectivity index (χ2v) is 5.75. The average Bonchev–Trinajstić information content (AvgIpc) is 2.46. The van der Waals surface area contributed by atoms with Gasteiger partial charge in [0.1, 0.15) is 5.75 Å². The smallest absolute Gasteiger partial charge is 0.137 e. The zero-order valence-electron chi connectivity index (χ0n) is 12.2. The molecule has 1 atom stereocenters. The lowest BCUT2D eigenvalue weighted by Crippen LogP contribution is -2.44. The lowest BCUT2D eigenvalue weighted by molar-refractivity contribution is 0.113. The van der Waals surface area contributed by atoms with Crippen LogP contribution in [0, 0.1) is 0 Å². The highest BCUT2D eigenvalue weighted by Gasteiger charge is 2.16. The number of hydrogen-bond acceptors (Lipinski definition) is 4. The Labute approximate surface area is 125 Å². The minimum Gasteiger partial charge on any atom is -0.495 e. The van der Waals surface area contributed by atoms with Crippen molar-refractivity contribution in [2.75, 3.05) is 46.9 Å². The molecule has 0 radical (unpaired) electrons. The van der Waals surface area contributed by atoms with E-state index in [1.165, 1.54) is 0 Å². The molecular formula is C15H23ClN2O2. The van der Waals surface area contributed by atoms with Gasteiger partial charge in [0.2, 0.25) is 0 Å². The molecule has 20 heavy (non-hydrogen) atoms. The molecule has 1 N–H and O–H groups in total. The molecule has 0 aromatic heterocycles. The summed E-state index contributed by atoms with van der Waals surface area (Å²) in [5, 5.41) is 10.8. The fourth-order valence-electron chi connectivity index (χ4n) is 2.43. The minimum atomic E-state index is -0.474. The second kappa shape index (κ2) is 7.27. The SMILES string of the molecule is COc1ccc(C(O)CCN2CCN(C)CC2)cc1Cl. The van der Waals surface area contributed by atoms with Crippen molar-refractivity contribution in [3.8, 4) is 5.75 Å². The normalized spacial score (nSPS) is 19.0. The first kappa shape index (κ1) is 15.6. The van der Waals surface area contributed by atoms with Crippen LogP contribution in [0.3, 0.4) is 0 Å². The molecule has 0 saturated carbocycles. The maximum Gasteiger partial charge on any atom is 0.137 e. The number of nitrogens with zero attached hydrogens (tertiary/aromatic N) is 2. The molecule has 0 spiro atoms. The highest BCUT2D eigenvalue weighted by Crippen LogP contribution is 2.28. The summed E-state index contributed by atoms with van der Waals surface area (Å²) in [5.41, 5.74) is 0.852. The van der Waals surface area contributed by atoms with Gasteiger partial charge in [-0.15, -0.1) is 0 Å². The summed E-state index contributed by atoms with van der Waals surface area (Å²) < 4.78 is 5.12. The van der Waals surface area contributed by atoms with Crippen molar-refractivity contribution < 1.29 is 9.84 Å². The van der Waals surface area contributed by atoms with Crippen molar-refractivity contribution in [3.63, 3.8) is 0 Å². The molecule has 1 aromatic rings. The first-order valence-electron chi connectivity index (χ1n) is 7.02. The number of benzene rings is 1. The number of likely N-dealkylation sites (N-methyl/N-ethyl adjacent to an activating group) is 1. The molecule has 1 unspecified atom stereocenters. The van der Waals surface area contributed by atoms with Gasteiger partial charge >= 0.3 is 0 Å². The van der Waals surface area contributed by atoms with Crippen LogP contribution in [0.25, 0.3) is 0 Å². The van der Waals surface area contributed by atoms with Gasteiger partial charge in [-0.1, -0.05) is 17.7 Å². The third-order valence-corrected chi connectivity index (χ3v) is 4.17. The number of aliphatic hydroxyl groups excluding tert-OH is 1. The Kier molecular flexibility index (Phi) is 5.66. The third kappa shape index (κ3) is 4.09. The van der Waals surface area contributed by atoms with Gasteiger partial charge in [-0.05, 0) is 31.2 Å². The van der Waals surface area contributed by atoms with E-state index in [0.717, 1.165) is 44.7 Å². The Morgan fingerprint density at radius 1 is 1.30 bits per heavy atom. The highest BCUT2D eigenvalue weighted by molar-refractivity contribution is 6.32. The third-order valence-electron chi connectivity index (χ3n) is 3.88. The lowest BCUT2D eigenvalue weighted by Gasteiger charge is -2.32. The van der Waals surface area contributed by atoms with Crippen LogP contribution in [0.15, 0.2) is 18.2 Å². The van der Waals surface area contributed by atoms with Crippen molar-refractivity contribution in [2.45, 2.75) is 12.5 Å². The summed E-state index contributed by atoms with van der Waals surface area (Å²) in [7, 11) is 3.73. The van der Waals surface area contributed by atoms with E-state index in [0.29, 0.717) is 10.8 Å². The van der Waals surface area contributed by atoms with Crippen LogP contribution in [-0.4, -0.2) is 61.8 Å². The number of halogens is 1. The van der Waals surface area contributed by atoms with E-state index in [9.17, 15) is 5.11 Å². The van der Waals surface area contributed by atoms with Gasteiger partial charge in [0.25, 0.3) is 0 Å². The molecule has 1 aliphatic heterocycles. The maximum atomic E-state index is 10.3. The molecule has 4 nitrogen and oxygen atoms in total. The van der Waals surface area contributed by atoms with E-state index in [-0.39, 0.29) is 0 Å². The van der Waals surface area contributed by atoms with Crippen LogP contribution in [0.2, 0.25) is 5.02 Å². The predicted octanol–water partition coefficient (Wildman–Crippen LogP) is 2.02. The molecule has 1 aliphatic rings. The monoisotopic (exact) mass is 298 g/mol. The number of aliphatic hydroxyl groups is 1. The summed E-state index contributed by atoms with van der Waals surface area (Å²) in [6, 6.07) is 5.46. The van der Waals surface area contributed by atoms with Gasteiger partial charge in [-0.2, -0.15) is 0 Å². The van der Waals surface area contributed by atoms with Gasteiger partial charge in [-0.25, -0.2) is 0 Å². The zero-order valence-corrected chi connectivity index (χ0v) is 12.9. The summed E-state index contributed by atoms with van der Waals surface area (Å²) >= 11 is 6.09.